The van der Waals surface area contributed by atoms with Crippen molar-refractivity contribution >= 4 is 50.4 Å². The van der Waals surface area contributed by atoms with Crippen molar-refractivity contribution in [1.82, 2.24) is 9.78 Å². The second-order valence-electron chi connectivity index (χ2n) is 13.8. The third-order valence-electron chi connectivity index (χ3n) is 9.51. The average molecular weight is 779 g/mol. The van der Waals surface area contributed by atoms with E-state index in [0.717, 1.165) is 47.5 Å². The van der Waals surface area contributed by atoms with Gasteiger partial charge in [-0.15, -0.1) is 10.2 Å². The number of carbonyl (C=O) groups excluding carboxylic acids is 1. The van der Waals surface area contributed by atoms with E-state index in [4.69, 9.17) is 26.2 Å². The van der Waals surface area contributed by atoms with Crippen LogP contribution in [0, 0.1) is 21.4 Å². The minimum Gasteiger partial charge on any atom is -0.493 e. The highest BCUT2D eigenvalue weighted by molar-refractivity contribution is 7.89. The van der Waals surface area contributed by atoms with Crippen LogP contribution in [0.1, 0.15) is 84.4 Å². The van der Waals surface area contributed by atoms with E-state index in [1.54, 1.807) is 0 Å². The molecule has 0 aliphatic rings. The largest absolute Gasteiger partial charge is 0.493 e. The van der Waals surface area contributed by atoms with Gasteiger partial charge < -0.3 is 14.8 Å². The number of nitrogens with one attached hydrogen (secondary N) is 1. The number of hydrogen-bond donors (Lipinski definition) is 2. The number of nitro groups is 1. The van der Waals surface area contributed by atoms with Crippen molar-refractivity contribution in [1.29, 1.82) is 5.26 Å². The summed E-state index contributed by atoms with van der Waals surface area (Å²) < 4.78 is 36.6. The normalized spacial score (nSPS) is 12.7. The molecule has 0 radical (unpaired) electrons. The number of rotatable bonds is 15. The van der Waals surface area contributed by atoms with E-state index < -0.39 is 37.5 Å². The van der Waals surface area contributed by atoms with E-state index in [1.807, 2.05) is 25.1 Å². The van der Waals surface area contributed by atoms with E-state index in [0.29, 0.717) is 12.2 Å². The Bertz CT molecular complexity index is 2260. The van der Waals surface area contributed by atoms with Crippen molar-refractivity contribution in [2.75, 3.05) is 12.4 Å². The number of ether oxygens (including phenoxy) is 2. The minimum absolute atomic E-state index is 0.0496. The molecule has 4 rings (SSSR count). The Labute approximate surface area is 319 Å². The van der Waals surface area contributed by atoms with Crippen LogP contribution in [0.4, 0.5) is 22.9 Å². The molecule has 0 spiro atoms. The lowest BCUT2D eigenvalue weighted by Crippen LogP contribution is -2.33. The van der Waals surface area contributed by atoms with Gasteiger partial charge in [-0.2, -0.15) is 10.4 Å². The molecule has 1 amide bonds. The number of azo groups is 1. The molecule has 1 aromatic heterocycles. The molecule has 3 aromatic carbocycles. The first-order chi connectivity index (χ1) is 25.3. The summed E-state index contributed by atoms with van der Waals surface area (Å²) >= 11 is 6.55. The summed E-state index contributed by atoms with van der Waals surface area (Å²) in [5.41, 5.74) is 1.19. The highest BCUT2D eigenvalue weighted by atomic mass is 35.5. The molecule has 0 aliphatic heterocycles. The zero-order valence-corrected chi connectivity index (χ0v) is 32.9. The summed E-state index contributed by atoms with van der Waals surface area (Å²) in [4.78, 5) is 24.4. The number of nitrogens with two attached hydrogens (primary N) is 1. The number of nitro benzene ring substituents is 1. The van der Waals surface area contributed by atoms with E-state index in [2.05, 4.69) is 68.3 Å². The third kappa shape index (κ3) is 8.87. The van der Waals surface area contributed by atoms with Gasteiger partial charge >= 0.3 is 0 Å². The molecule has 15 nitrogen and oxygen atoms in total. The minimum atomic E-state index is -4.27. The van der Waals surface area contributed by atoms with Gasteiger partial charge in [0.2, 0.25) is 10.0 Å². The number of nitrogens with zero attached hydrogens (tertiary/aromatic N) is 6. The number of anilines is 1. The van der Waals surface area contributed by atoms with Gasteiger partial charge in [0.05, 0.1) is 39.5 Å². The molecule has 17 heteroatoms. The second kappa shape index (κ2) is 16.3. The predicted octanol–water partition coefficient (Wildman–Crippen LogP) is 8.55. The van der Waals surface area contributed by atoms with Crippen LogP contribution in [0.25, 0.3) is 5.69 Å². The van der Waals surface area contributed by atoms with Crippen molar-refractivity contribution in [2.24, 2.45) is 15.4 Å². The van der Waals surface area contributed by atoms with Gasteiger partial charge in [-0.25, -0.2) is 18.2 Å². The first-order valence-corrected chi connectivity index (χ1v) is 19.0. The Morgan fingerprint density at radius 1 is 1.09 bits per heavy atom. The van der Waals surface area contributed by atoms with Crippen molar-refractivity contribution in [3.8, 4) is 23.3 Å². The lowest BCUT2D eigenvalue weighted by Gasteiger charge is -2.31. The highest BCUT2D eigenvalue weighted by Crippen LogP contribution is 2.41. The fourth-order valence-corrected chi connectivity index (χ4v) is 6.23. The molecule has 1 heterocycles. The van der Waals surface area contributed by atoms with Crippen molar-refractivity contribution in [2.45, 2.75) is 89.6 Å². The molecule has 1 unspecified atom stereocenters. The van der Waals surface area contributed by atoms with Crippen molar-refractivity contribution in [3.05, 3.63) is 86.6 Å². The second-order valence-corrected chi connectivity index (χ2v) is 15.7. The number of benzene rings is 3. The number of sulfonamides is 1. The maximum absolute atomic E-state index is 13.8. The summed E-state index contributed by atoms with van der Waals surface area (Å²) in [5, 5.41) is 42.1. The topological polar surface area (TPSA) is 217 Å². The number of amides is 1. The summed E-state index contributed by atoms with van der Waals surface area (Å²) in [6.07, 6.45) is 2.34. The number of halogens is 1. The van der Waals surface area contributed by atoms with Gasteiger partial charge in [-0.05, 0) is 66.0 Å². The Morgan fingerprint density at radius 2 is 1.78 bits per heavy atom. The molecular weight excluding hydrogens is 736 g/mol. The lowest BCUT2D eigenvalue weighted by atomic mass is 9.76. The zero-order valence-electron chi connectivity index (χ0n) is 31.3. The molecule has 4 aromatic rings. The van der Waals surface area contributed by atoms with Crippen LogP contribution in [0.5, 0.6) is 11.5 Å². The molecule has 3 N–H and O–H groups in total. The Balaban J connectivity index is 1.70. The van der Waals surface area contributed by atoms with Crippen LogP contribution in [0.3, 0.4) is 0 Å². The molecule has 0 aliphatic carbocycles. The van der Waals surface area contributed by atoms with Crippen LogP contribution in [-0.2, 0) is 25.6 Å². The quantitative estimate of drug-likeness (QED) is 0.0670. The SMILES string of the molecule is CCC(Oc1ccc(C(C)(C)CC)cc1C(C)(C)CC)C(=O)Nc1cc(N=Nc2c(C#N)cnn2-c2ccc(S(N)(=O)=O)cc2[N+](=O)[O-])cc(Cl)c1OC. The fraction of sp³-hybridized carbons (Fsp3) is 0.378. The standard InChI is InChI=1S/C37H43ClN8O7S/c1-9-31(53-32-15-12-23(36(4,5)10-2)16-26(32)37(6,7)11-3)35(47)42-28-18-24(17-27(38)33(28)52-8)43-44-34-22(20-39)21-41-45(34)29-14-13-25(54(40,50)51)19-30(29)46(48)49/h12-19,21,31H,9-11H2,1-8H3,(H,42,47)(H2,40,50,51). The summed E-state index contributed by atoms with van der Waals surface area (Å²) in [7, 11) is -2.88. The summed E-state index contributed by atoms with van der Waals surface area (Å²) in [6, 6.07) is 13.8. The zero-order chi connectivity index (χ0) is 40.2. The van der Waals surface area contributed by atoms with Crippen LogP contribution in [0.2, 0.25) is 5.02 Å². The molecule has 1 atom stereocenters. The van der Waals surface area contributed by atoms with Crippen LogP contribution < -0.4 is 19.9 Å². The van der Waals surface area contributed by atoms with Crippen molar-refractivity contribution in [3.63, 3.8) is 0 Å². The summed E-state index contributed by atoms with van der Waals surface area (Å²) in [6.45, 7) is 14.8. The van der Waals surface area contributed by atoms with Gasteiger partial charge in [0.15, 0.2) is 17.7 Å². The highest BCUT2D eigenvalue weighted by Gasteiger charge is 2.30. The number of aromatic nitrogens is 2. The van der Waals surface area contributed by atoms with Crippen LogP contribution in [0.15, 0.2) is 69.9 Å². The van der Waals surface area contributed by atoms with Crippen LogP contribution in [-0.4, -0.2) is 42.2 Å². The Kier molecular flexibility index (Phi) is 12.5. The van der Waals surface area contributed by atoms with Gasteiger partial charge in [0.1, 0.15) is 23.1 Å². The monoisotopic (exact) mass is 778 g/mol. The molecule has 0 saturated heterocycles. The van der Waals surface area contributed by atoms with Crippen LogP contribution >= 0.6 is 11.6 Å². The fourth-order valence-electron chi connectivity index (χ4n) is 5.41. The van der Waals surface area contributed by atoms with E-state index in [-0.39, 0.29) is 50.0 Å². The van der Waals surface area contributed by atoms with Gasteiger partial charge in [0.25, 0.3) is 11.6 Å². The predicted molar refractivity (Wildman–Crippen MR) is 205 cm³/mol. The Morgan fingerprint density at radius 3 is 2.35 bits per heavy atom. The molecule has 286 valence electrons. The number of hydrogen-bond acceptors (Lipinski definition) is 11. The molecule has 0 bridgehead atoms. The first-order valence-electron chi connectivity index (χ1n) is 17.0. The van der Waals surface area contributed by atoms with E-state index in [9.17, 15) is 28.6 Å². The van der Waals surface area contributed by atoms with E-state index in [1.165, 1.54) is 24.8 Å². The molecule has 0 fully saturated rings. The lowest BCUT2D eigenvalue weighted by molar-refractivity contribution is -0.384. The van der Waals surface area contributed by atoms with Gasteiger partial charge in [-0.3, -0.25) is 14.9 Å². The number of primary sulfonamides is 1. The molecule has 54 heavy (non-hydrogen) atoms. The number of nitriles is 1. The number of carbonyl (C=O) groups is 1. The van der Waals surface area contributed by atoms with E-state index >= 15 is 0 Å². The first kappa shape index (κ1) is 41.4. The third-order valence-corrected chi connectivity index (χ3v) is 10.7. The molecule has 0 saturated carbocycles. The van der Waals surface area contributed by atoms with Gasteiger partial charge in [-0.1, -0.05) is 72.2 Å². The van der Waals surface area contributed by atoms with Crippen molar-refractivity contribution < 1.29 is 27.6 Å². The summed E-state index contributed by atoms with van der Waals surface area (Å²) in [5.74, 6) is 0.0712. The smallest absolute Gasteiger partial charge is 0.296 e. The number of methoxy groups -OCH3 is 1. The average Bonchev–Trinajstić information content (AvgIpc) is 3.54. The Hall–Kier alpha value is -5.37. The maximum atomic E-state index is 13.8. The van der Waals surface area contributed by atoms with Gasteiger partial charge in [0, 0.05) is 11.6 Å². The molecular formula is C37H43ClN8O7S. The maximum Gasteiger partial charge on any atom is 0.296 e.